The zero-order chi connectivity index (χ0) is 17.5. The number of rotatable bonds is 5. The molecule has 0 atom stereocenters. The summed E-state index contributed by atoms with van der Waals surface area (Å²) in [5, 5.41) is 7.41. The molecule has 0 unspecified atom stereocenters. The van der Waals surface area contributed by atoms with Crippen LogP contribution in [0.3, 0.4) is 0 Å². The second-order valence-corrected chi connectivity index (χ2v) is 6.48. The van der Waals surface area contributed by atoms with Gasteiger partial charge in [0.1, 0.15) is 0 Å². The van der Waals surface area contributed by atoms with E-state index >= 15 is 0 Å². The van der Waals surface area contributed by atoms with Crippen molar-refractivity contribution in [3.8, 4) is 0 Å². The largest absolute Gasteiger partial charge is 0.359 e. The standard InChI is InChI=1S/C22H22N2S/c1-17-12-14-18(15-13-17)16-23-22(25)24-21(19-8-4-2-5-9-19)20-10-6-3-7-11-20/h2-15,21H,16H2,1H3,(H2,23,24,25). The molecule has 2 N–H and O–H groups in total. The first-order valence-corrected chi connectivity index (χ1v) is 8.83. The van der Waals surface area contributed by atoms with Gasteiger partial charge in [0.2, 0.25) is 0 Å². The van der Waals surface area contributed by atoms with E-state index in [4.69, 9.17) is 12.2 Å². The summed E-state index contributed by atoms with van der Waals surface area (Å²) in [6.07, 6.45) is 0. The van der Waals surface area contributed by atoms with Crippen molar-refractivity contribution in [1.82, 2.24) is 10.6 Å². The van der Waals surface area contributed by atoms with E-state index in [0.717, 1.165) is 0 Å². The number of nitrogens with one attached hydrogen (secondary N) is 2. The van der Waals surface area contributed by atoms with Crippen LogP contribution in [0, 0.1) is 6.92 Å². The maximum Gasteiger partial charge on any atom is 0.167 e. The Hall–Kier alpha value is -2.65. The molecule has 0 fully saturated rings. The molecule has 3 aromatic rings. The minimum atomic E-state index is 0.0282. The zero-order valence-electron chi connectivity index (χ0n) is 14.3. The van der Waals surface area contributed by atoms with Crippen LogP contribution >= 0.6 is 12.2 Å². The Labute approximate surface area is 154 Å². The van der Waals surface area contributed by atoms with Gasteiger partial charge in [0, 0.05) is 6.54 Å². The van der Waals surface area contributed by atoms with Gasteiger partial charge in [0.25, 0.3) is 0 Å². The van der Waals surface area contributed by atoms with E-state index in [1.165, 1.54) is 22.3 Å². The van der Waals surface area contributed by atoms with E-state index in [2.05, 4.69) is 90.4 Å². The van der Waals surface area contributed by atoms with Crippen LogP contribution in [0.2, 0.25) is 0 Å². The normalized spacial score (nSPS) is 10.5. The molecule has 3 rings (SSSR count). The number of hydrogen-bond donors (Lipinski definition) is 2. The van der Waals surface area contributed by atoms with Crippen LogP contribution in [-0.4, -0.2) is 5.11 Å². The van der Waals surface area contributed by atoms with Crippen molar-refractivity contribution >= 4 is 17.3 Å². The van der Waals surface area contributed by atoms with Crippen LogP contribution in [0.5, 0.6) is 0 Å². The first-order valence-electron chi connectivity index (χ1n) is 8.42. The highest BCUT2D eigenvalue weighted by Gasteiger charge is 2.14. The molecular formula is C22H22N2S. The first-order chi connectivity index (χ1) is 12.2. The monoisotopic (exact) mass is 346 g/mol. The smallest absolute Gasteiger partial charge is 0.167 e. The molecule has 0 heterocycles. The van der Waals surface area contributed by atoms with Gasteiger partial charge in [-0.2, -0.15) is 0 Å². The topological polar surface area (TPSA) is 24.1 Å². The predicted octanol–water partition coefficient (Wildman–Crippen LogP) is 4.75. The van der Waals surface area contributed by atoms with Crippen molar-refractivity contribution in [3.05, 3.63) is 107 Å². The Morgan fingerprint density at radius 2 is 1.32 bits per heavy atom. The van der Waals surface area contributed by atoms with Crippen LogP contribution in [0.1, 0.15) is 28.3 Å². The maximum absolute atomic E-state index is 5.53. The third kappa shape index (κ3) is 4.91. The Morgan fingerprint density at radius 3 is 1.84 bits per heavy atom. The SMILES string of the molecule is Cc1ccc(CNC(=S)NC(c2ccccc2)c2ccccc2)cc1. The van der Waals surface area contributed by atoms with Crippen molar-refractivity contribution in [3.63, 3.8) is 0 Å². The van der Waals surface area contributed by atoms with Gasteiger partial charge in [-0.15, -0.1) is 0 Å². The summed E-state index contributed by atoms with van der Waals surface area (Å²) in [5.41, 5.74) is 4.85. The molecule has 0 spiro atoms. The van der Waals surface area contributed by atoms with Gasteiger partial charge < -0.3 is 10.6 Å². The average Bonchev–Trinajstić information content (AvgIpc) is 2.67. The van der Waals surface area contributed by atoms with Crippen molar-refractivity contribution in [2.45, 2.75) is 19.5 Å². The molecule has 2 nitrogen and oxygen atoms in total. The Balaban J connectivity index is 1.69. The minimum absolute atomic E-state index is 0.0282. The molecule has 25 heavy (non-hydrogen) atoms. The summed E-state index contributed by atoms with van der Waals surface area (Å²) in [7, 11) is 0. The molecule has 126 valence electrons. The Morgan fingerprint density at radius 1 is 0.800 bits per heavy atom. The summed E-state index contributed by atoms with van der Waals surface area (Å²) in [6.45, 7) is 2.80. The van der Waals surface area contributed by atoms with E-state index in [1.54, 1.807) is 0 Å². The summed E-state index contributed by atoms with van der Waals surface area (Å²) in [6, 6.07) is 29.2. The third-order valence-corrected chi connectivity index (χ3v) is 4.38. The molecular weight excluding hydrogens is 324 g/mol. The second kappa shape index (κ2) is 8.45. The molecule has 3 aromatic carbocycles. The molecule has 0 bridgehead atoms. The van der Waals surface area contributed by atoms with Crippen LogP contribution in [0.25, 0.3) is 0 Å². The summed E-state index contributed by atoms with van der Waals surface area (Å²) < 4.78 is 0. The molecule has 3 heteroatoms. The highest BCUT2D eigenvalue weighted by atomic mass is 32.1. The lowest BCUT2D eigenvalue weighted by Gasteiger charge is -2.22. The van der Waals surface area contributed by atoms with Crippen LogP contribution in [0.15, 0.2) is 84.9 Å². The second-order valence-electron chi connectivity index (χ2n) is 6.07. The van der Waals surface area contributed by atoms with E-state index < -0.39 is 0 Å². The van der Waals surface area contributed by atoms with Crippen LogP contribution < -0.4 is 10.6 Å². The highest BCUT2D eigenvalue weighted by Crippen LogP contribution is 2.21. The van der Waals surface area contributed by atoms with Crippen molar-refractivity contribution in [2.24, 2.45) is 0 Å². The molecule has 0 aromatic heterocycles. The lowest BCUT2D eigenvalue weighted by atomic mass is 9.99. The van der Waals surface area contributed by atoms with E-state index in [9.17, 15) is 0 Å². The molecule has 0 aliphatic heterocycles. The third-order valence-electron chi connectivity index (χ3n) is 4.11. The molecule has 0 amide bonds. The van der Waals surface area contributed by atoms with E-state index in [-0.39, 0.29) is 6.04 Å². The van der Waals surface area contributed by atoms with Gasteiger partial charge in [-0.1, -0.05) is 90.5 Å². The fourth-order valence-corrected chi connectivity index (χ4v) is 2.91. The fourth-order valence-electron chi connectivity index (χ4n) is 2.72. The Bertz CT molecular complexity index is 759. The molecule has 0 aliphatic carbocycles. The van der Waals surface area contributed by atoms with Gasteiger partial charge in [-0.05, 0) is 35.8 Å². The van der Waals surface area contributed by atoms with Gasteiger partial charge >= 0.3 is 0 Å². The number of benzene rings is 3. The first kappa shape index (κ1) is 17.2. The lowest BCUT2D eigenvalue weighted by Crippen LogP contribution is -2.37. The van der Waals surface area contributed by atoms with Gasteiger partial charge in [-0.3, -0.25) is 0 Å². The zero-order valence-corrected chi connectivity index (χ0v) is 15.1. The number of hydrogen-bond acceptors (Lipinski definition) is 1. The summed E-state index contributed by atoms with van der Waals surface area (Å²) in [4.78, 5) is 0. The summed E-state index contributed by atoms with van der Waals surface area (Å²) >= 11 is 5.53. The van der Waals surface area contributed by atoms with Crippen LogP contribution in [0.4, 0.5) is 0 Å². The Kier molecular flexibility index (Phi) is 5.81. The number of aryl methyl sites for hydroxylation is 1. The van der Waals surface area contributed by atoms with Crippen molar-refractivity contribution in [2.75, 3.05) is 0 Å². The molecule has 0 saturated heterocycles. The highest BCUT2D eigenvalue weighted by molar-refractivity contribution is 7.80. The van der Waals surface area contributed by atoms with Crippen molar-refractivity contribution < 1.29 is 0 Å². The average molecular weight is 346 g/mol. The predicted molar refractivity (Wildman–Crippen MR) is 108 cm³/mol. The number of thiocarbonyl (C=S) groups is 1. The summed E-state index contributed by atoms with van der Waals surface area (Å²) in [5.74, 6) is 0. The quantitative estimate of drug-likeness (QED) is 0.652. The minimum Gasteiger partial charge on any atom is -0.359 e. The van der Waals surface area contributed by atoms with E-state index in [1.807, 2.05) is 12.1 Å². The fraction of sp³-hybridized carbons (Fsp3) is 0.136. The molecule has 0 saturated carbocycles. The van der Waals surface area contributed by atoms with Gasteiger partial charge in [-0.25, -0.2) is 0 Å². The van der Waals surface area contributed by atoms with Gasteiger partial charge in [0.05, 0.1) is 6.04 Å². The molecule has 0 radical (unpaired) electrons. The molecule has 0 aliphatic rings. The van der Waals surface area contributed by atoms with Crippen molar-refractivity contribution in [1.29, 1.82) is 0 Å². The van der Waals surface area contributed by atoms with Gasteiger partial charge in [0.15, 0.2) is 5.11 Å². The maximum atomic E-state index is 5.53. The van der Waals surface area contributed by atoms with Crippen LogP contribution in [-0.2, 0) is 6.54 Å². The lowest BCUT2D eigenvalue weighted by molar-refractivity contribution is 0.736. The van der Waals surface area contributed by atoms with E-state index in [0.29, 0.717) is 11.7 Å².